The van der Waals surface area contributed by atoms with Crippen molar-refractivity contribution in [3.05, 3.63) is 0 Å². The van der Waals surface area contributed by atoms with Crippen molar-refractivity contribution < 1.29 is 8.42 Å². The highest BCUT2D eigenvalue weighted by atomic mass is 32.2. The van der Waals surface area contributed by atoms with Crippen LogP contribution in [0.25, 0.3) is 0 Å². The molecule has 2 N–H and O–H groups in total. The summed E-state index contributed by atoms with van der Waals surface area (Å²) in [6, 6.07) is 0.103. The highest BCUT2D eigenvalue weighted by molar-refractivity contribution is 8.02. The summed E-state index contributed by atoms with van der Waals surface area (Å²) in [5.74, 6) is 0. The zero-order valence-corrected chi connectivity index (χ0v) is 15.2. The summed E-state index contributed by atoms with van der Waals surface area (Å²) in [4.78, 5) is 0.499. The zero-order valence-electron chi connectivity index (χ0n) is 12.7. The summed E-state index contributed by atoms with van der Waals surface area (Å²) in [6.45, 7) is 3.65. The maximum absolute atomic E-state index is 12.8. The van der Waals surface area contributed by atoms with Crippen molar-refractivity contribution in [1.82, 2.24) is 8.61 Å². The Morgan fingerprint density at radius 3 is 2.38 bits per heavy atom. The van der Waals surface area contributed by atoms with E-state index in [1.165, 1.54) is 0 Å². The van der Waals surface area contributed by atoms with E-state index in [9.17, 15) is 8.42 Å². The lowest BCUT2D eigenvalue weighted by Crippen LogP contribution is -2.55. The second-order valence-electron chi connectivity index (χ2n) is 5.93. The minimum absolute atomic E-state index is 0.103. The van der Waals surface area contributed by atoms with Crippen LogP contribution in [0.15, 0.2) is 0 Å². The predicted molar refractivity (Wildman–Crippen MR) is 92.8 cm³/mol. The zero-order chi connectivity index (χ0) is 15.7. The molecule has 2 aliphatic heterocycles. The van der Waals surface area contributed by atoms with Crippen molar-refractivity contribution in [2.24, 2.45) is 5.73 Å². The molecule has 8 heteroatoms. The average Bonchev–Trinajstić information content (AvgIpc) is 2.47. The molecule has 0 saturated carbocycles. The Balaban J connectivity index is 2.08. The summed E-state index contributed by atoms with van der Waals surface area (Å²) in [7, 11) is -3.35. The lowest BCUT2D eigenvalue weighted by Gasteiger charge is -2.42. The number of hydrogen-bond acceptors (Lipinski definition) is 4. The minimum Gasteiger partial charge on any atom is -0.392 e. The van der Waals surface area contributed by atoms with Crippen LogP contribution < -0.4 is 5.73 Å². The average molecular weight is 352 g/mol. The van der Waals surface area contributed by atoms with E-state index in [1.54, 1.807) is 20.4 Å². The number of piperidine rings is 2. The van der Waals surface area contributed by atoms with Crippen LogP contribution in [0, 0.1) is 0 Å². The van der Waals surface area contributed by atoms with Crippen LogP contribution >= 0.6 is 24.0 Å². The molecule has 1 atom stereocenters. The van der Waals surface area contributed by atoms with Crippen LogP contribution in [0.4, 0.5) is 0 Å². The van der Waals surface area contributed by atoms with E-state index >= 15 is 0 Å². The molecule has 0 radical (unpaired) electrons. The standard InChI is InChI=1S/C13H25N3O2S3/c1-11-5-3-4-8-16(11)21(17,18)15-9-6-13(20-2,7-10-15)12(14)19/h11H,3-10H2,1-2H3,(H2,14,19). The fraction of sp³-hybridized carbons (Fsp3) is 0.923. The second kappa shape index (κ2) is 6.70. The topological polar surface area (TPSA) is 66.6 Å². The number of nitrogens with two attached hydrogens (primary N) is 1. The fourth-order valence-electron chi connectivity index (χ4n) is 3.19. The number of nitrogens with zero attached hydrogens (tertiary/aromatic N) is 2. The lowest BCUT2D eigenvalue weighted by atomic mass is 9.97. The van der Waals surface area contributed by atoms with Crippen molar-refractivity contribution in [2.75, 3.05) is 25.9 Å². The minimum atomic E-state index is -3.35. The molecule has 0 aromatic carbocycles. The molecular formula is C13H25N3O2S3. The molecule has 0 spiro atoms. The van der Waals surface area contributed by atoms with E-state index < -0.39 is 10.2 Å². The van der Waals surface area contributed by atoms with Gasteiger partial charge >= 0.3 is 0 Å². The molecule has 0 amide bonds. The number of rotatable bonds is 4. The molecule has 0 bridgehead atoms. The van der Waals surface area contributed by atoms with Gasteiger partial charge in [-0.1, -0.05) is 18.6 Å². The van der Waals surface area contributed by atoms with Gasteiger partial charge < -0.3 is 5.73 Å². The molecule has 2 rings (SSSR count). The fourth-order valence-corrected chi connectivity index (χ4v) is 6.30. The molecule has 2 aliphatic rings. The van der Waals surface area contributed by atoms with Crippen molar-refractivity contribution in [2.45, 2.75) is 49.8 Å². The summed E-state index contributed by atoms with van der Waals surface area (Å²) in [5, 5.41) is 0. The van der Waals surface area contributed by atoms with E-state index in [2.05, 4.69) is 0 Å². The van der Waals surface area contributed by atoms with Gasteiger partial charge in [0.2, 0.25) is 0 Å². The quantitative estimate of drug-likeness (QED) is 0.779. The summed E-state index contributed by atoms with van der Waals surface area (Å²) < 4.78 is 28.6. The van der Waals surface area contributed by atoms with Gasteiger partial charge in [0.1, 0.15) is 0 Å². The van der Waals surface area contributed by atoms with Gasteiger partial charge in [-0.25, -0.2) is 0 Å². The number of thiocarbonyl (C=S) groups is 1. The van der Waals surface area contributed by atoms with E-state index in [4.69, 9.17) is 18.0 Å². The van der Waals surface area contributed by atoms with Gasteiger partial charge in [-0.2, -0.15) is 28.8 Å². The van der Waals surface area contributed by atoms with Crippen molar-refractivity contribution in [1.29, 1.82) is 0 Å². The first kappa shape index (κ1) is 17.5. The first-order valence-corrected chi connectivity index (χ1v) is 10.5. The highest BCUT2D eigenvalue weighted by Gasteiger charge is 2.42. The van der Waals surface area contributed by atoms with Gasteiger partial charge in [0, 0.05) is 25.7 Å². The normalized spacial score (nSPS) is 28.4. The van der Waals surface area contributed by atoms with Gasteiger partial charge in [-0.05, 0) is 38.9 Å². The maximum Gasteiger partial charge on any atom is 0.282 e. The van der Waals surface area contributed by atoms with Crippen LogP contribution in [0.5, 0.6) is 0 Å². The van der Waals surface area contributed by atoms with Crippen LogP contribution in [-0.4, -0.2) is 58.7 Å². The molecule has 2 fully saturated rings. The Morgan fingerprint density at radius 2 is 1.90 bits per heavy atom. The van der Waals surface area contributed by atoms with Crippen molar-refractivity contribution in [3.8, 4) is 0 Å². The second-order valence-corrected chi connectivity index (χ2v) is 9.44. The van der Waals surface area contributed by atoms with Crippen molar-refractivity contribution in [3.63, 3.8) is 0 Å². The lowest BCUT2D eigenvalue weighted by molar-refractivity contribution is 0.233. The SMILES string of the molecule is CSC1(C(N)=S)CCN(S(=O)(=O)N2CCCCC2C)CC1. The third kappa shape index (κ3) is 3.39. The van der Waals surface area contributed by atoms with Gasteiger partial charge in [-0.15, -0.1) is 0 Å². The van der Waals surface area contributed by atoms with E-state index in [-0.39, 0.29) is 10.8 Å². The third-order valence-electron chi connectivity index (χ3n) is 4.73. The van der Waals surface area contributed by atoms with Crippen LogP contribution in [-0.2, 0) is 10.2 Å². The monoisotopic (exact) mass is 351 g/mol. The van der Waals surface area contributed by atoms with Gasteiger partial charge in [0.05, 0.1) is 9.74 Å². The first-order chi connectivity index (χ1) is 9.83. The van der Waals surface area contributed by atoms with E-state index in [0.717, 1.165) is 19.3 Å². The Kier molecular flexibility index (Phi) is 5.57. The summed E-state index contributed by atoms with van der Waals surface area (Å²) >= 11 is 6.83. The maximum atomic E-state index is 12.8. The van der Waals surface area contributed by atoms with Crippen LogP contribution in [0.2, 0.25) is 0 Å². The Morgan fingerprint density at radius 1 is 1.29 bits per heavy atom. The molecule has 122 valence electrons. The molecule has 5 nitrogen and oxygen atoms in total. The third-order valence-corrected chi connectivity index (χ3v) is 8.82. The Bertz CT molecular complexity index is 487. The Labute approximate surface area is 137 Å². The molecule has 21 heavy (non-hydrogen) atoms. The van der Waals surface area contributed by atoms with E-state index in [1.807, 2.05) is 13.2 Å². The summed E-state index contributed by atoms with van der Waals surface area (Å²) in [6.07, 6.45) is 6.42. The van der Waals surface area contributed by atoms with Gasteiger partial charge in [0.15, 0.2) is 0 Å². The Hall–Kier alpha value is 0.110. The largest absolute Gasteiger partial charge is 0.392 e. The molecule has 2 saturated heterocycles. The van der Waals surface area contributed by atoms with Gasteiger partial charge in [-0.3, -0.25) is 0 Å². The highest BCUT2D eigenvalue weighted by Crippen LogP contribution is 2.36. The van der Waals surface area contributed by atoms with Crippen molar-refractivity contribution >= 4 is 39.2 Å². The van der Waals surface area contributed by atoms with E-state index in [0.29, 0.717) is 37.5 Å². The van der Waals surface area contributed by atoms with Gasteiger partial charge in [0.25, 0.3) is 10.2 Å². The predicted octanol–water partition coefficient (Wildman–Crippen LogP) is 1.59. The number of hydrogen-bond donors (Lipinski definition) is 1. The molecule has 2 heterocycles. The molecular weight excluding hydrogens is 326 g/mol. The molecule has 1 unspecified atom stereocenters. The molecule has 0 aromatic heterocycles. The van der Waals surface area contributed by atoms with Crippen LogP contribution in [0.3, 0.4) is 0 Å². The smallest absolute Gasteiger partial charge is 0.282 e. The van der Waals surface area contributed by atoms with Crippen LogP contribution in [0.1, 0.15) is 39.0 Å². The number of thioether (sulfide) groups is 1. The molecule has 0 aliphatic carbocycles. The first-order valence-electron chi connectivity index (χ1n) is 7.45. The molecule has 0 aromatic rings. The summed E-state index contributed by atoms with van der Waals surface area (Å²) in [5.41, 5.74) is 5.86.